The highest BCUT2D eigenvalue weighted by Crippen LogP contribution is 2.51. The van der Waals surface area contributed by atoms with E-state index in [4.69, 9.17) is 4.74 Å². The lowest BCUT2D eigenvalue weighted by Crippen LogP contribution is -2.50. The number of aromatic nitrogens is 1. The van der Waals surface area contributed by atoms with Gasteiger partial charge >= 0.3 is 0 Å². The number of hydrogen-bond acceptors (Lipinski definition) is 5. The van der Waals surface area contributed by atoms with Gasteiger partial charge in [-0.2, -0.15) is 0 Å². The Balaban J connectivity index is 1.30. The highest BCUT2D eigenvalue weighted by molar-refractivity contribution is 5.85. The Morgan fingerprint density at radius 1 is 1.23 bits per heavy atom. The Bertz CT molecular complexity index is 938. The second-order valence-corrected chi connectivity index (χ2v) is 8.40. The van der Waals surface area contributed by atoms with Crippen LogP contribution in [0.4, 0.5) is 0 Å². The molecule has 0 saturated carbocycles. The van der Waals surface area contributed by atoms with E-state index in [1.165, 1.54) is 0 Å². The SMILES string of the molecule is CN(CC(=O)N1CC[C@@]23OC[C@@H](c4ccccc4)N2C(=O)C[C@@H]13)Cc1ccccn1. The molecule has 1 aromatic heterocycles. The molecule has 5 rings (SSSR count). The van der Waals surface area contributed by atoms with Crippen LogP contribution in [0, 0.1) is 0 Å². The van der Waals surface area contributed by atoms with Crippen LogP contribution in [0.25, 0.3) is 0 Å². The van der Waals surface area contributed by atoms with Crippen LogP contribution in [0.2, 0.25) is 0 Å². The maximum Gasteiger partial charge on any atom is 0.237 e. The van der Waals surface area contributed by atoms with Gasteiger partial charge in [0.15, 0.2) is 5.72 Å². The normalized spacial score (nSPS) is 27.6. The van der Waals surface area contributed by atoms with Gasteiger partial charge in [-0.25, -0.2) is 0 Å². The van der Waals surface area contributed by atoms with Crippen molar-refractivity contribution in [3.05, 3.63) is 66.0 Å². The van der Waals surface area contributed by atoms with E-state index in [0.717, 1.165) is 11.3 Å². The topological polar surface area (TPSA) is 66.0 Å². The van der Waals surface area contributed by atoms with Crippen molar-refractivity contribution >= 4 is 11.8 Å². The number of carbonyl (C=O) groups excluding carboxylic acids is 2. The fourth-order valence-electron chi connectivity index (χ4n) is 5.21. The van der Waals surface area contributed by atoms with Gasteiger partial charge in [-0.3, -0.25) is 19.5 Å². The Morgan fingerprint density at radius 3 is 2.80 bits per heavy atom. The molecule has 4 heterocycles. The fraction of sp³-hybridized carbons (Fsp3) is 0.435. The minimum Gasteiger partial charge on any atom is -0.351 e. The fourth-order valence-corrected chi connectivity index (χ4v) is 5.21. The summed E-state index contributed by atoms with van der Waals surface area (Å²) < 4.78 is 6.29. The van der Waals surface area contributed by atoms with Crippen LogP contribution >= 0.6 is 0 Å². The summed E-state index contributed by atoms with van der Waals surface area (Å²) >= 11 is 0. The largest absolute Gasteiger partial charge is 0.351 e. The van der Waals surface area contributed by atoms with Crippen LogP contribution in [-0.2, 0) is 20.9 Å². The molecule has 3 aliphatic rings. The molecule has 1 aromatic carbocycles. The minimum absolute atomic E-state index is 0.0386. The predicted octanol–water partition coefficient (Wildman–Crippen LogP) is 1.81. The van der Waals surface area contributed by atoms with Gasteiger partial charge in [-0.05, 0) is 24.7 Å². The Kier molecular flexibility index (Phi) is 4.79. The molecule has 2 aromatic rings. The lowest BCUT2D eigenvalue weighted by Gasteiger charge is -2.33. The second-order valence-electron chi connectivity index (χ2n) is 8.40. The molecule has 0 N–H and O–H groups in total. The standard InChI is InChI=1S/C23H26N4O3/c1-25(14-18-9-5-6-11-24-18)15-22(29)26-12-10-23-20(26)13-21(28)27(23)19(16-30-23)17-7-3-2-4-8-17/h2-9,11,19-20H,10,12-16H2,1H3/t19-,20+,23-/m0/s1. The van der Waals surface area contributed by atoms with Crippen molar-refractivity contribution in [2.24, 2.45) is 0 Å². The molecule has 3 saturated heterocycles. The molecule has 7 heteroatoms. The molecule has 0 radical (unpaired) electrons. The third-order valence-electron chi connectivity index (χ3n) is 6.52. The van der Waals surface area contributed by atoms with Crippen molar-refractivity contribution in [3.8, 4) is 0 Å². The van der Waals surface area contributed by atoms with E-state index in [-0.39, 0.29) is 23.9 Å². The van der Waals surface area contributed by atoms with Crippen LogP contribution in [0.3, 0.4) is 0 Å². The highest BCUT2D eigenvalue weighted by atomic mass is 16.5. The predicted molar refractivity (Wildman–Crippen MR) is 110 cm³/mol. The van der Waals surface area contributed by atoms with Gasteiger partial charge in [0.2, 0.25) is 11.8 Å². The number of pyridine rings is 1. The van der Waals surface area contributed by atoms with Crippen molar-refractivity contribution in [3.63, 3.8) is 0 Å². The molecule has 3 atom stereocenters. The van der Waals surface area contributed by atoms with Crippen molar-refractivity contribution in [1.29, 1.82) is 0 Å². The Hall–Kier alpha value is -2.77. The van der Waals surface area contributed by atoms with Gasteiger partial charge in [0.25, 0.3) is 0 Å². The van der Waals surface area contributed by atoms with E-state index in [0.29, 0.717) is 39.1 Å². The van der Waals surface area contributed by atoms with Crippen LogP contribution in [0.15, 0.2) is 54.7 Å². The molecular formula is C23H26N4O3. The van der Waals surface area contributed by atoms with Crippen molar-refractivity contribution < 1.29 is 14.3 Å². The average Bonchev–Trinajstić information content (AvgIpc) is 3.38. The molecule has 1 spiro atoms. The zero-order chi connectivity index (χ0) is 20.7. The number of nitrogens with zero attached hydrogens (tertiary/aromatic N) is 4. The monoisotopic (exact) mass is 406 g/mol. The van der Waals surface area contributed by atoms with Gasteiger partial charge in [-0.15, -0.1) is 0 Å². The van der Waals surface area contributed by atoms with Crippen molar-refractivity contribution in [2.45, 2.75) is 37.2 Å². The van der Waals surface area contributed by atoms with Crippen LogP contribution < -0.4 is 0 Å². The average molecular weight is 406 g/mol. The maximum atomic E-state index is 13.1. The molecular weight excluding hydrogens is 380 g/mol. The summed E-state index contributed by atoms with van der Waals surface area (Å²) in [5.74, 6) is 0.113. The summed E-state index contributed by atoms with van der Waals surface area (Å²) in [6.45, 7) is 1.99. The van der Waals surface area contributed by atoms with Gasteiger partial charge < -0.3 is 14.5 Å². The van der Waals surface area contributed by atoms with Crippen LogP contribution in [0.1, 0.15) is 30.1 Å². The summed E-state index contributed by atoms with van der Waals surface area (Å²) in [4.78, 5) is 36.1. The second kappa shape index (κ2) is 7.49. The van der Waals surface area contributed by atoms with Gasteiger partial charge in [-0.1, -0.05) is 36.4 Å². The maximum absolute atomic E-state index is 13.1. The lowest BCUT2D eigenvalue weighted by molar-refractivity contribution is -0.141. The highest BCUT2D eigenvalue weighted by Gasteiger charge is 2.65. The van der Waals surface area contributed by atoms with Crippen molar-refractivity contribution in [2.75, 3.05) is 26.7 Å². The summed E-state index contributed by atoms with van der Waals surface area (Å²) in [6.07, 6.45) is 2.76. The molecule has 3 aliphatic heterocycles. The van der Waals surface area contributed by atoms with E-state index in [1.54, 1.807) is 6.20 Å². The first-order valence-electron chi connectivity index (χ1n) is 10.5. The number of benzene rings is 1. The Labute approximate surface area is 176 Å². The van der Waals surface area contributed by atoms with E-state index >= 15 is 0 Å². The minimum atomic E-state index is -0.674. The van der Waals surface area contributed by atoms with E-state index in [9.17, 15) is 9.59 Å². The first kappa shape index (κ1) is 19.2. The number of carbonyl (C=O) groups is 2. The van der Waals surface area contributed by atoms with Gasteiger partial charge in [0, 0.05) is 25.7 Å². The first-order chi connectivity index (χ1) is 14.6. The molecule has 7 nitrogen and oxygen atoms in total. The number of likely N-dealkylation sites (tertiary alicyclic amines) is 1. The molecule has 3 fully saturated rings. The zero-order valence-corrected chi connectivity index (χ0v) is 17.1. The zero-order valence-electron chi connectivity index (χ0n) is 17.1. The lowest BCUT2D eigenvalue weighted by atomic mass is 10.0. The van der Waals surface area contributed by atoms with E-state index in [2.05, 4.69) is 4.98 Å². The molecule has 156 valence electrons. The summed E-state index contributed by atoms with van der Waals surface area (Å²) in [5, 5.41) is 0. The molecule has 2 amide bonds. The third kappa shape index (κ3) is 3.09. The van der Waals surface area contributed by atoms with Crippen LogP contribution in [-0.4, -0.2) is 70.0 Å². The smallest absolute Gasteiger partial charge is 0.237 e. The Morgan fingerprint density at radius 2 is 2.03 bits per heavy atom. The molecule has 0 unspecified atom stereocenters. The number of amides is 2. The molecule has 0 bridgehead atoms. The number of likely N-dealkylation sites (N-methyl/N-ethyl adjacent to an activating group) is 1. The van der Waals surface area contributed by atoms with E-state index < -0.39 is 5.72 Å². The van der Waals surface area contributed by atoms with E-state index in [1.807, 2.05) is 70.3 Å². The summed E-state index contributed by atoms with van der Waals surface area (Å²) in [5.41, 5.74) is 1.34. The summed E-state index contributed by atoms with van der Waals surface area (Å²) in [7, 11) is 1.92. The number of ether oxygens (including phenoxy) is 1. The molecule has 30 heavy (non-hydrogen) atoms. The quantitative estimate of drug-likeness (QED) is 0.758. The number of hydrogen-bond donors (Lipinski definition) is 0. The van der Waals surface area contributed by atoms with Gasteiger partial charge in [0.05, 0.1) is 37.4 Å². The third-order valence-corrected chi connectivity index (χ3v) is 6.52. The van der Waals surface area contributed by atoms with Gasteiger partial charge in [0.1, 0.15) is 0 Å². The van der Waals surface area contributed by atoms with Crippen molar-refractivity contribution in [1.82, 2.24) is 19.7 Å². The summed E-state index contributed by atoms with van der Waals surface area (Å²) in [6, 6.07) is 15.5. The first-order valence-corrected chi connectivity index (χ1v) is 10.5. The van der Waals surface area contributed by atoms with Crippen LogP contribution in [0.5, 0.6) is 0 Å². The molecule has 0 aliphatic carbocycles. The number of rotatable bonds is 5.